The molecule has 1 atom stereocenters. The van der Waals surface area contributed by atoms with Crippen LogP contribution in [0.5, 0.6) is 5.75 Å². The standard InChI is InChI=1S/C11H11FN2O6/c1-2-19-11(16)9(12)20-8-4-3-6(10(13)15)5-7(8)14(17)18/h3-5,9H,2H2,1H3,(H2,13,15). The molecule has 0 radical (unpaired) electrons. The minimum Gasteiger partial charge on any atom is -0.461 e. The molecule has 0 spiro atoms. The van der Waals surface area contributed by atoms with Crippen LogP contribution < -0.4 is 10.5 Å². The molecule has 0 heterocycles. The largest absolute Gasteiger partial charge is 0.461 e. The Hall–Kier alpha value is -2.71. The highest BCUT2D eigenvalue weighted by molar-refractivity contribution is 5.93. The third kappa shape index (κ3) is 3.64. The van der Waals surface area contributed by atoms with Gasteiger partial charge in [0.25, 0.3) is 0 Å². The maximum atomic E-state index is 13.4. The number of carbonyl (C=O) groups is 2. The van der Waals surface area contributed by atoms with Crippen LogP contribution in [0, 0.1) is 10.1 Å². The van der Waals surface area contributed by atoms with Crippen molar-refractivity contribution in [2.75, 3.05) is 6.61 Å². The molecule has 1 amide bonds. The van der Waals surface area contributed by atoms with Crippen LogP contribution >= 0.6 is 0 Å². The zero-order valence-electron chi connectivity index (χ0n) is 10.4. The van der Waals surface area contributed by atoms with Gasteiger partial charge in [0.05, 0.1) is 11.5 Å². The Balaban J connectivity index is 3.03. The Bertz CT molecular complexity index is 548. The molecule has 1 unspecified atom stereocenters. The number of amides is 1. The van der Waals surface area contributed by atoms with Gasteiger partial charge in [-0.05, 0) is 19.1 Å². The minimum atomic E-state index is -2.51. The number of nitro benzene ring substituents is 1. The number of primary amides is 1. The van der Waals surface area contributed by atoms with Crippen LogP contribution in [0.25, 0.3) is 0 Å². The van der Waals surface area contributed by atoms with Gasteiger partial charge < -0.3 is 15.2 Å². The summed E-state index contributed by atoms with van der Waals surface area (Å²) < 4.78 is 22.2. The molecule has 0 saturated carbocycles. The first kappa shape index (κ1) is 15.3. The van der Waals surface area contributed by atoms with Crippen molar-refractivity contribution in [1.82, 2.24) is 0 Å². The third-order valence-electron chi connectivity index (χ3n) is 2.14. The zero-order valence-corrected chi connectivity index (χ0v) is 10.4. The molecule has 0 aliphatic carbocycles. The molecule has 2 N–H and O–H groups in total. The van der Waals surface area contributed by atoms with E-state index in [1.165, 1.54) is 6.92 Å². The minimum absolute atomic E-state index is 0.0642. The number of rotatable bonds is 6. The molecule has 108 valence electrons. The first-order chi connectivity index (χ1) is 9.36. The predicted molar refractivity (Wildman–Crippen MR) is 63.8 cm³/mol. The molecule has 8 nitrogen and oxygen atoms in total. The molecule has 0 fully saturated rings. The summed E-state index contributed by atoms with van der Waals surface area (Å²) in [6.07, 6.45) is -2.51. The van der Waals surface area contributed by atoms with Crippen molar-refractivity contribution in [3.05, 3.63) is 33.9 Å². The van der Waals surface area contributed by atoms with E-state index >= 15 is 0 Å². The van der Waals surface area contributed by atoms with Gasteiger partial charge in [0.2, 0.25) is 11.7 Å². The van der Waals surface area contributed by atoms with Gasteiger partial charge in [0.1, 0.15) is 0 Å². The Morgan fingerprint density at radius 2 is 2.15 bits per heavy atom. The van der Waals surface area contributed by atoms with Gasteiger partial charge in [-0.25, -0.2) is 4.79 Å². The predicted octanol–water partition coefficient (Wildman–Crippen LogP) is 0.931. The third-order valence-corrected chi connectivity index (χ3v) is 2.14. The molecule has 0 aromatic heterocycles. The lowest BCUT2D eigenvalue weighted by atomic mass is 10.2. The smallest absolute Gasteiger partial charge is 0.381 e. The molecular formula is C11H11FN2O6. The van der Waals surface area contributed by atoms with Crippen LogP contribution in [-0.2, 0) is 9.53 Å². The summed E-state index contributed by atoms with van der Waals surface area (Å²) in [6.45, 7) is 1.40. The van der Waals surface area contributed by atoms with Crippen LogP contribution in [0.3, 0.4) is 0 Å². The molecule has 1 rings (SSSR count). The molecular weight excluding hydrogens is 275 g/mol. The average Bonchev–Trinajstić information content (AvgIpc) is 2.38. The number of nitrogens with two attached hydrogens (primary N) is 1. The summed E-state index contributed by atoms with van der Waals surface area (Å²) in [5.41, 5.74) is 4.14. The number of nitrogens with zero attached hydrogens (tertiary/aromatic N) is 1. The molecule has 1 aromatic carbocycles. The Kier molecular flexibility index (Phi) is 4.95. The fourth-order valence-electron chi connectivity index (χ4n) is 1.28. The quantitative estimate of drug-likeness (QED) is 0.471. The Morgan fingerprint density at radius 3 is 2.65 bits per heavy atom. The average molecular weight is 286 g/mol. The van der Waals surface area contributed by atoms with E-state index in [1.54, 1.807) is 0 Å². The summed E-state index contributed by atoms with van der Waals surface area (Å²) in [4.78, 5) is 31.9. The highest BCUT2D eigenvalue weighted by Gasteiger charge is 2.25. The van der Waals surface area contributed by atoms with Gasteiger partial charge in [0.15, 0.2) is 0 Å². The first-order valence-electron chi connectivity index (χ1n) is 5.42. The molecule has 9 heteroatoms. The van der Waals surface area contributed by atoms with Gasteiger partial charge in [0, 0.05) is 11.6 Å². The lowest BCUT2D eigenvalue weighted by Crippen LogP contribution is -2.25. The van der Waals surface area contributed by atoms with Gasteiger partial charge in [-0.1, -0.05) is 0 Å². The van der Waals surface area contributed by atoms with Crippen LogP contribution in [-0.4, -0.2) is 29.8 Å². The fourth-order valence-corrected chi connectivity index (χ4v) is 1.28. The van der Waals surface area contributed by atoms with Crippen molar-refractivity contribution < 1.29 is 28.4 Å². The van der Waals surface area contributed by atoms with E-state index in [2.05, 4.69) is 9.47 Å². The van der Waals surface area contributed by atoms with Crippen molar-refractivity contribution in [3.8, 4) is 5.75 Å². The number of nitro groups is 1. The number of benzene rings is 1. The summed E-state index contributed by atoms with van der Waals surface area (Å²) in [7, 11) is 0. The topological polar surface area (TPSA) is 122 Å². The number of alkyl halides is 1. The highest BCUT2D eigenvalue weighted by atomic mass is 19.1. The molecule has 0 bridgehead atoms. The SMILES string of the molecule is CCOC(=O)C(F)Oc1ccc(C(N)=O)cc1[N+](=O)[O-]. The number of hydrogen-bond donors (Lipinski definition) is 1. The van der Waals surface area contributed by atoms with Gasteiger partial charge in [-0.15, -0.1) is 0 Å². The highest BCUT2D eigenvalue weighted by Crippen LogP contribution is 2.29. The zero-order chi connectivity index (χ0) is 15.3. The van der Waals surface area contributed by atoms with E-state index < -0.39 is 34.6 Å². The van der Waals surface area contributed by atoms with Gasteiger partial charge in [-0.2, -0.15) is 4.39 Å². The van der Waals surface area contributed by atoms with E-state index in [-0.39, 0.29) is 12.2 Å². The van der Waals surface area contributed by atoms with E-state index in [0.29, 0.717) is 0 Å². The lowest BCUT2D eigenvalue weighted by Gasteiger charge is -2.10. The van der Waals surface area contributed by atoms with Gasteiger partial charge in [-0.3, -0.25) is 14.9 Å². The second-order valence-electron chi connectivity index (χ2n) is 3.49. The second kappa shape index (κ2) is 6.45. The summed E-state index contributed by atoms with van der Waals surface area (Å²) in [5, 5.41) is 10.8. The van der Waals surface area contributed by atoms with Crippen molar-refractivity contribution in [2.45, 2.75) is 13.3 Å². The van der Waals surface area contributed by atoms with E-state index in [9.17, 15) is 24.1 Å². The molecule has 20 heavy (non-hydrogen) atoms. The number of ether oxygens (including phenoxy) is 2. The van der Waals surface area contributed by atoms with Crippen LogP contribution in [0.15, 0.2) is 18.2 Å². The molecule has 0 aliphatic heterocycles. The van der Waals surface area contributed by atoms with Gasteiger partial charge >= 0.3 is 18.0 Å². The monoisotopic (exact) mass is 286 g/mol. The number of halogens is 1. The maximum absolute atomic E-state index is 13.4. The first-order valence-corrected chi connectivity index (χ1v) is 5.42. The Morgan fingerprint density at radius 1 is 1.50 bits per heavy atom. The second-order valence-corrected chi connectivity index (χ2v) is 3.49. The number of carbonyl (C=O) groups excluding carboxylic acids is 2. The fraction of sp³-hybridized carbons (Fsp3) is 0.273. The number of hydrogen-bond acceptors (Lipinski definition) is 6. The van der Waals surface area contributed by atoms with Crippen LogP contribution in [0.2, 0.25) is 0 Å². The van der Waals surface area contributed by atoms with Crippen LogP contribution in [0.1, 0.15) is 17.3 Å². The maximum Gasteiger partial charge on any atom is 0.381 e. The van der Waals surface area contributed by atoms with Crippen molar-refractivity contribution in [3.63, 3.8) is 0 Å². The Labute approximate surface area is 112 Å². The van der Waals surface area contributed by atoms with E-state index in [1.807, 2.05) is 0 Å². The summed E-state index contributed by atoms with van der Waals surface area (Å²) in [5.74, 6) is -2.71. The normalized spacial score (nSPS) is 11.5. The summed E-state index contributed by atoms with van der Waals surface area (Å²) >= 11 is 0. The number of esters is 1. The van der Waals surface area contributed by atoms with Crippen molar-refractivity contribution in [2.24, 2.45) is 5.73 Å². The van der Waals surface area contributed by atoms with Crippen LogP contribution in [0.4, 0.5) is 10.1 Å². The van der Waals surface area contributed by atoms with E-state index in [0.717, 1.165) is 18.2 Å². The van der Waals surface area contributed by atoms with E-state index in [4.69, 9.17) is 5.73 Å². The van der Waals surface area contributed by atoms with Crippen molar-refractivity contribution >= 4 is 17.6 Å². The lowest BCUT2D eigenvalue weighted by molar-refractivity contribution is -0.386. The molecule has 0 saturated heterocycles. The van der Waals surface area contributed by atoms with Crippen molar-refractivity contribution in [1.29, 1.82) is 0 Å². The summed E-state index contributed by atoms with van der Waals surface area (Å²) in [6, 6.07) is 2.92. The molecule has 0 aliphatic rings. The molecule has 1 aromatic rings.